The maximum Gasteiger partial charge on any atom is 0.244 e. The largest absolute Gasteiger partial charge is 0.420 e. The van der Waals surface area contributed by atoms with Gasteiger partial charge in [-0.1, -0.05) is 15.9 Å². The van der Waals surface area contributed by atoms with Crippen LogP contribution >= 0.6 is 15.9 Å². The van der Waals surface area contributed by atoms with Crippen LogP contribution in [0.1, 0.15) is 22.7 Å². The zero-order valence-electron chi connectivity index (χ0n) is 10.9. The highest BCUT2D eigenvalue weighted by molar-refractivity contribution is 9.10. The summed E-state index contributed by atoms with van der Waals surface area (Å²) in [5.41, 5.74) is 7.62. The average molecular weight is 349 g/mol. The maximum absolute atomic E-state index is 14.3. The van der Waals surface area contributed by atoms with Crippen LogP contribution in [0.15, 0.2) is 34.1 Å². The fourth-order valence-electron chi connectivity index (χ4n) is 2.45. The highest BCUT2D eigenvalue weighted by atomic mass is 79.9. The number of nitrogens with zero attached hydrogens (tertiary/aromatic N) is 2. The van der Waals surface area contributed by atoms with Crippen LogP contribution in [0, 0.1) is 24.1 Å². The van der Waals surface area contributed by atoms with Gasteiger partial charge in [0.15, 0.2) is 0 Å². The van der Waals surface area contributed by atoms with Crippen molar-refractivity contribution in [1.82, 2.24) is 10.2 Å². The van der Waals surface area contributed by atoms with Crippen LogP contribution < -0.4 is 10.5 Å². The van der Waals surface area contributed by atoms with Crippen molar-refractivity contribution in [3.05, 3.63) is 56.8 Å². The first-order valence-corrected chi connectivity index (χ1v) is 6.89. The molecule has 3 rings (SSSR count). The average Bonchev–Trinajstić information content (AvgIpc) is 2.81. The summed E-state index contributed by atoms with van der Waals surface area (Å²) in [6, 6.07) is 6.58. The minimum Gasteiger partial charge on any atom is -0.420 e. The van der Waals surface area contributed by atoms with E-state index in [9.17, 15) is 9.65 Å². The Morgan fingerprint density at radius 1 is 1.52 bits per heavy atom. The highest BCUT2D eigenvalue weighted by Gasteiger charge is 2.35. The van der Waals surface area contributed by atoms with E-state index in [1.807, 2.05) is 6.07 Å². The van der Waals surface area contributed by atoms with Crippen LogP contribution in [0.5, 0.6) is 5.88 Å². The van der Waals surface area contributed by atoms with Crippen LogP contribution in [0.25, 0.3) is 0 Å². The van der Waals surface area contributed by atoms with Crippen molar-refractivity contribution in [2.45, 2.75) is 12.8 Å². The molecule has 0 saturated carbocycles. The molecule has 5 nitrogen and oxygen atoms in total. The molecule has 0 aliphatic carbocycles. The third-order valence-corrected chi connectivity index (χ3v) is 3.89. The maximum atomic E-state index is 14.3. The molecule has 0 radical (unpaired) electrons. The van der Waals surface area contributed by atoms with Crippen LogP contribution in [-0.4, -0.2) is 10.2 Å². The molecule has 0 fully saturated rings. The van der Waals surface area contributed by atoms with Gasteiger partial charge in [-0.3, -0.25) is 5.10 Å². The van der Waals surface area contributed by atoms with Gasteiger partial charge in [0.05, 0.1) is 5.92 Å². The molecular weight excluding hydrogens is 339 g/mol. The summed E-state index contributed by atoms with van der Waals surface area (Å²) in [5.74, 6) is -0.846. The van der Waals surface area contributed by atoms with E-state index in [1.54, 1.807) is 19.1 Å². The number of benzene rings is 1. The topological polar surface area (TPSA) is 87.7 Å². The van der Waals surface area contributed by atoms with E-state index in [4.69, 9.17) is 10.5 Å². The van der Waals surface area contributed by atoms with Crippen molar-refractivity contribution >= 4 is 15.9 Å². The number of allylic oxidation sites excluding steroid dienone is 1. The van der Waals surface area contributed by atoms with Gasteiger partial charge in [-0.05, 0) is 25.1 Å². The molecule has 21 heavy (non-hydrogen) atoms. The smallest absolute Gasteiger partial charge is 0.244 e. The zero-order chi connectivity index (χ0) is 15.1. The van der Waals surface area contributed by atoms with Gasteiger partial charge in [0.1, 0.15) is 17.5 Å². The van der Waals surface area contributed by atoms with Gasteiger partial charge in [0.25, 0.3) is 0 Å². The van der Waals surface area contributed by atoms with Crippen LogP contribution in [0.2, 0.25) is 0 Å². The summed E-state index contributed by atoms with van der Waals surface area (Å²) in [7, 11) is 0. The fourth-order valence-corrected chi connectivity index (χ4v) is 2.82. The summed E-state index contributed by atoms with van der Waals surface area (Å²) in [6.45, 7) is 1.79. The summed E-state index contributed by atoms with van der Waals surface area (Å²) in [4.78, 5) is 0. The lowest BCUT2D eigenvalue weighted by Gasteiger charge is -2.24. The quantitative estimate of drug-likeness (QED) is 0.829. The number of rotatable bonds is 1. The molecule has 0 spiro atoms. The first-order valence-electron chi connectivity index (χ1n) is 6.10. The monoisotopic (exact) mass is 348 g/mol. The minimum absolute atomic E-state index is 0.0547. The van der Waals surface area contributed by atoms with E-state index in [0.717, 1.165) is 0 Å². The van der Waals surface area contributed by atoms with E-state index in [0.29, 0.717) is 21.3 Å². The molecule has 0 amide bonds. The van der Waals surface area contributed by atoms with E-state index in [-0.39, 0.29) is 17.3 Å². The summed E-state index contributed by atoms with van der Waals surface area (Å²) in [6.07, 6.45) is 0. The van der Waals surface area contributed by atoms with Crippen LogP contribution in [0.3, 0.4) is 0 Å². The number of aromatic nitrogens is 2. The Morgan fingerprint density at radius 3 is 3.00 bits per heavy atom. The van der Waals surface area contributed by atoms with Gasteiger partial charge in [0.2, 0.25) is 11.8 Å². The number of hydrogen-bond donors (Lipinski definition) is 2. The Labute approximate surface area is 128 Å². The number of nitriles is 1. The molecule has 0 saturated heterocycles. The second-order valence-corrected chi connectivity index (χ2v) is 5.57. The van der Waals surface area contributed by atoms with Gasteiger partial charge in [0, 0.05) is 21.3 Å². The Kier molecular flexibility index (Phi) is 3.18. The van der Waals surface area contributed by atoms with Gasteiger partial charge < -0.3 is 10.5 Å². The van der Waals surface area contributed by atoms with Crippen LogP contribution in [0.4, 0.5) is 4.39 Å². The number of H-pyrrole nitrogens is 1. The lowest BCUT2D eigenvalue weighted by molar-refractivity contribution is 0.378. The molecule has 1 aromatic heterocycles. The van der Waals surface area contributed by atoms with Crippen LogP contribution in [-0.2, 0) is 0 Å². The molecule has 2 heterocycles. The predicted molar refractivity (Wildman–Crippen MR) is 76.7 cm³/mol. The third-order valence-electron chi connectivity index (χ3n) is 3.40. The van der Waals surface area contributed by atoms with Crippen molar-refractivity contribution in [3.8, 4) is 11.9 Å². The van der Waals surface area contributed by atoms with Crippen molar-refractivity contribution < 1.29 is 9.13 Å². The number of ether oxygens (including phenoxy) is 1. The fraction of sp³-hybridized carbons (Fsp3) is 0.143. The Hall–Kier alpha value is -2.33. The molecule has 0 bridgehead atoms. The second kappa shape index (κ2) is 4.90. The summed E-state index contributed by atoms with van der Waals surface area (Å²) < 4.78 is 20.3. The predicted octanol–water partition coefficient (Wildman–Crippen LogP) is 2.84. The lowest BCUT2D eigenvalue weighted by Crippen LogP contribution is -2.21. The molecule has 3 N–H and O–H groups in total. The van der Waals surface area contributed by atoms with Gasteiger partial charge in [-0.2, -0.15) is 5.26 Å². The van der Waals surface area contributed by atoms with Gasteiger partial charge in [-0.15, -0.1) is 5.10 Å². The lowest BCUT2D eigenvalue weighted by atomic mass is 9.84. The van der Waals surface area contributed by atoms with E-state index >= 15 is 0 Å². The number of halogens is 2. The second-order valence-electron chi connectivity index (χ2n) is 4.66. The van der Waals surface area contributed by atoms with Gasteiger partial charge >= 0.3 is 0 Å². The third kappa shape index (κ3) is 2.08. The van der Waals surface area contributed by atoms with E-state index in [2.05, 4.69) is 26.1 Å². The first kappa shape index (κ1) is 13.6. The molecule has 1 aromatic carbocycles. The zero-order valence-corrected chi connectivity index (χ0v) is 12.5. The van der Waals surface area contributed by atoms with Crippen molar-refractivity contribution in [2.75, 3.05) is 0 Å². The Balaban J connectivity index is 2.30. The molecular formula is C14H10BrFN4O. The SMILES string of the molecule is Cc1[nH]nc2c1[C@H](c1cc(Br)ccc1F)C(C#N)=C(N)O2. The molecule has 1 aliphatic heterocycles. The number of fused-ring (bicyclic) bond motifs is 1. The normalized spacial score (nSPS) is 17.1. The molecule has 1 aliphatic rings. The van der Waals surface area contributed by atoms with Gasteiger partial charge in [-0.25, -0.2) is 4.39 Å². The molecule has 1 atom stereocenters. The summed E-state index contributed by atoms with van der Waals surface area (Å²) in [5, 5.41) is 16.2. The highest BCUT2D eigenvalue weighted by Crippen LogP contribution is 2.43. The minimum atomic E-state index is -0.644. The Morgan fingerprint density at radius 2 is 2.29 bits per heavy atom. The number of nitrogens with one attached hydrogen (secondary N) is 1. The number of aromatic amines is 1. The molecule has 7 heteroatoms. The summed E-state index contributed by atoms with van der Waals surface area (Å²) >= 11 is 3.32. The standard InChI is InChI=1S/C14H10BrFN4O/c1-6-11-12(8-4-7(15)2-3-10(8)16)9(5-17)13(18)21-14(11)20-19-6/h2-4,12H,18H2,1H3,(H,19,20)/t12-/m1/s1. The first-order chi connectivity index (χ1) is 10.0. The number of hydrogen-bond acceptors (Lipinski definition) is 4. The number of nitrogens with two attached hydrogens (primary N) is 1. The molecule has 106 valence electrons. The Bertz CT molecular complexity index is 806. The number of aryl methyl sites for hydroxylation is 1. The van der Waals surface area contributed by atoms with E-state index in [1.165, 1.54) is 6.07 Å². The van der Waals surface area contributed by atoms with Crippen molar-refractivity contribution in [1.29, 1.82) is 5.26 Å². The van der Waals surface area contributed by atoms with Crippen molar-refractivity contribution in [2.24, 2.45) is 5.73 Å². The van der Waals surface area contributed by atoms with E-state index < -0.39 is 11.7 Å². The van der Waals surface area contributed by atoms with Crippen molar-refractivity contribution in [3.63, 3.8) is 0 Å². The molecule has 2 aromatic rings. The molecule has 0 unspecified atom stereocenters.